The minimum atomic E-state index is -0.375. The van der Waals surface area contributed by atoms with Gasteiger partial charge in [0, 0.05) is 24.2 Å². The average Bonchev–Trinajstić information content (AvgIpc) is 2.74. The third-order valence-corrected chi connectivity index (χ3v) is 5.07. The molecule has 1 N–H and O–H groups in total. The highest BCUT2D eigenvalue weighted by Crippen LogP contribution is 2.22. The van der Waals surface area contributed by atoms with Gasteiger partial charge in [0.2, 0.25) is 5.91 Å². The molecule has 7 heteroatoms. The molecule has 0 unspecified atom stereocenters. The minimum absolute atomic E-state index is 0.211. The molecule has 0 bridgehead atoms. The molecule has 150 valence electrons. The van der Waals surface area contributed by atoms with Crippen molar-refractivity contribution < 1.29 is 4.79 Å². The Morgan fingerprint density at radius 3 is 2.53 bits per heavy atom. The van der Waals surface area contributed by atoms with E-state index in [0.717, 1.165) is 22.2 Å². The van der Waals surface area contributed by atoms with Crippen LogP contribution < -0.4 is 10.9 Å². The Morgan fingerprint density at radius 2 is 1.80 bits per heavy atom. The summed E-state index contributed by atoms with van der Waals surface area (Å²) < 4.78 is 1.20. The van der Waals surface area contributed by atoms with Crippen molar-refractivity contribution in [1.82, 2.24) is 14.8 Å². The van der Waals surface area contributed by atoms with Crippen LogP contribution in [0.4, 0.5) is 5.69 Å². The van der Waals surface area contributed by atoms with Gasteiger partial charge in [-0.25, -0.2) is 4.68 Å². The summed E-state index contributed by atoms with van der Waals surface area (Å²) in [6, 6.07) is 16.5. The molecule has 0 fully saturated rings. The summed E-state index contributed by atoms with van der Waals surface area (Å²) in [7, 11) is 0. The maximum Gasteiger partial charge on any atom is 0.275 e. The largest absolute Gasteiger partial charge is 0.323 e. The fraction of sp³-hybridized carbons (Fsp3) is 0.130. The predicted molar refractivity (Wildman–Crippen MR) is 118 cm³/mol. The first-order valence-corrected chi connectivity index (χ1v) is 9.83. The summed E-state index contributed by atoms with van der Waals surface area (Å²) >= 11 is 6.20. The number of carbonyl (C=O) groups excluding carboxylic acids is 1. The van der Waals surface area contributed by atoms with Crippen molar-refractivity contribution in [1.29, 1.82) is 0 Å². The Morgan fingerprint density at radius 1 is 1.07 bits per heavy atom. The zero-order valence-electron chi connectivity index (χ0n) is 16.3. The second-order valence-electron chi connectivity index (χ2n) is 7.02. The lowest BCUT2D eigenvalue weighted by atomic mass is 10.1. The Kier molecular flexibility index (Phi) is 5.59. The fourth-order valence-electron chi connectivity index (χ4n) is 3.28. The minimum Gasteiger partial charge on any atom is -0.323 e. The molecule has 2 heterocycles. The summed E-state index contributed by atoms with van der Waals surface area (Å²) in [5.74, 6) is -0.375. The molecule has 0 aliphatic heterocycles. The first kappa shape index (κ1) is 19.8. The quantitative estimate of drug-likeness (QED) is 0.531. The number of aryl methyl sites for hydroxylation is 1. The zero-order chi connectivity index (χ0) is 21.1. The molecule has 4 rings (SSSR count). The SMILES string of the molecule is Cc1ccc(NC(=O)Cn2nc(Cc3ccncc3)c3ccccc3c2=O)c(Cl)c1. The number of halogens is 1. The van der Waals surface area contributed by atoms with Crippen molar-refractivity contribution in [2.24, 2.45) is 0 Å². The molecule has 0 atom stereocenters. The second-order valence-corrected chi connectivity index (χ2v) is 7.43. The molecule has 4 aromatic rings. The molecule has 0 aliphatic carbocycles. The number of fused-ring (bicyclic) bond motifs is 1. The molecule has 2 aromatic carbocycles. The van der Waals surface area contributed by atoms with Crippen molar-refractivity contribution in [3.8, 4) is 0 Å². The third kappa shape index (κ3) is 4.23. The highest BCUT2D eigenvalue weighted by molar-refractivity contribution is 6.33. The number of nitrogens with one attached hydrogen (secondary N) is 1. The van der Waals surface area contributed by atoms with Gasteiger partial charge in [-0.2, -0.15) is 5.10 Å². The third-order valence-electron chi connectivity index (χ3n) is 4.76. The molecule has 0 radical (unpaired) electrons. The summed E-state index contributed by atoms with van der Waals surface area (Å²) in [6.07, 6.45) is 3.95. The van der Waals surface area contributed by atoms with Gasteiger partial charge in [0.1, 0.15) is 6.54 Å². The Hall–Kier alpha value is -3.51. The van der Waals surface area contributed by atoms with Crippen molar-refractivity contribution in [3.05, 3.63) is 99.2 Å². The van der Waals surface area contributed by atoms with Crippen molar-refractivity contribution in [2.45, 2.75) is 19.9 Å². The van der Waals surface area contributed by atoms with Crippen LogP contribution in [0.15, 0.2) is 71.8 Å². The van der Waals surface area contributed by atoms with Gasteiger partial charge in [-0.05, 0) is 48.4 Å². The van der Waals surface area contributed by atoms with Crippen LogP contribution in [0.3, 0.4) is 0 Å². The summed E-state index contributed by atoms with van der Waals surface area (Å²) in [4.78, 5) is 29.5. The number of carbonyl (C=O) groups is 1. The van der Waals surface area contributed by atoms with Gasteiger partial charge in [-0.3, -0.25) is 14.6 Å². The van der Waals surface area contributed by atoms with E-state index < -0.39 is 0 Å². The van der Waals surface area contributed by atoms with E-state index in [1.54, 1.807) is 36.7 Å². The molecule has 0 spiro atoms. The molecule has 30 heavy (non-hydrogen) atoms. The molecule has 0 aliphatic rings. The van der Waals surface area contributed by atoms with Crippen LogP contribution in [0.25, 0.3) is 10.8 Å². The number of hydrogen-bond acceptors (Lipinski definition) is 4. The molecule has 1 amide bonds. The lowest BCUT2D eigenvalue weighted by Gasteiger charge is -2.12. The molecule has 6 nitrogen and oxygen atoms in total. The molecule has 2 aromatic heterocycles. The molecule has 0 saturated heterocycles. The molecular weight excluding hydrogens is 400 g/mol. The normalized spacial score (nSPS) is 10.9. The van der Waals surface area contributed by atoms with Crippen molar-refractivity contribution in [3.63, 3.8) is 0 Å². The van der Waals surface area contributed by atoms with E-state index in [9.17, 15) is 9.59 Å². The van der Waals surface area contributed by atoms with Crippen LogP contribution >= 0.6 is 11.6 Å². The average molecular weight is 419 g/mol. The summed E-state index contributed by atoms with van der Waals surface area (Å²) in [5, 5.41) is 9.00. The highest BCUT2D eigenvalue weighted by Gasteiger charge is 2.14. The van der Waals surface area contributed by atoms with Crippen LogP contribution in [0, 0.1) is 6.92 Å². The van der Waals surface area contributed by atoms with Crippen LogP contribution in [0.1, 0.15) is 16.8 Å². The van der Waals surface area contributed by atoms with E-state index >= 15 is 0 Å². The first-order valence-electron chi connectivity index (χ1n) is 9.45. The van der Waals surface area contributed by atoms with Gasteiger partial charge in [-0.1, -0.05) is 35.9 Å². The number of benzene rings is 2. The van der Waals surface area contributed by atoms with E-state index in [1.807, 2.05) is 37.3 Å². The number of amides is 1. The van der Waals surface area contributed by atoms with Gasteiger partial charge in [-0.15, -0.1) is 0 Å². The number of rotatable bonds is 5. The Balaban J connectivity index is 1.67. The number of nitrogens with zero attached hydrogens (tertiary/aromatic N) is 3. The predicted octanol–water partition coefficient (Wildman–Crippen LogP) is 3.98. The first-order chi connectivity index (χ1) is 14.5. The number of aromatic nitrogens is 3. The number of anilines is 1. The number of pyridine rings is 1. The van der Waals surface area contributed by atoms with E-state index in [1.165, 1.54) is 4.68 Å². The van der Waals surface area contributed by atoms with E-state index in [-0.39, 0.29) is 18.0 Å². The van der Waals surface area contributed by atoms with Gasteiger partial charge >= 0.3 is 0 Å². The van der Waals surface area contributed by atoms with Crippen LogP contribution in [-0.4, -0.2) is 20.7 Å². The van der Waals surface area contributed by atoms with Gasteiger partial charge < -0.3 is 5.32 Å². The monoisotopic (exact) mass is 418 g/mol. The lowest BCUT2D eigenvalue weighted by Crippen LogP contribution is -2.30. The second kappa shape index (κ2) is 8.47. The fourth-order valence-corrected chi connectivity index (χ4v) is 3.57. The summed E-state index contributed by atoms with van der Waals surface area (Å²) in [5.41, 5.74) is 2.92. The maximum atomic E-state index is 12.9. The molecular formula is C23H19ClN4O2. The van der Waals surface area contributed by atoms with E-state index in [0.29, 0.717) is 22.5 Å². The number of hydrogen-bond donors (Lipinski definition) is 1. The van der Waals surface area contributed by atoms with Crippen LogP contribution in [0.5, 0.6) is 0 Å². The topological polar surface area (TPSA) is 76.9 Å². The van der Waals surface area contributed by atoms with Crippen LogP contribution in [0.2, 0.25) is 5.02 Å². The highest BCUT2D eigenvalue weighted by atomic mass is 35.5. The van der Waals surface area contributed by atoms with Crippen molar-refractivity contribution in [2.75, 3.05) is 5.32 Å². The summed E-state index contributed by atoms with van der Waals surface area (Å²) in [6.45, 7) is 1.71. The lowest BCUT2D eigenvalue weighted by molar-refractivity contribution is -0.117. The van der Waals surface area contributed by atoms with E-state index in [2.05, 4.69) is 15.4 Å². The van der Waals surface area contributed by atoms with E-state index in [4.69, 9.17) is 11.6 Å². The van der Waals surface area contributed by atoms with Gasteiger partial charge in [0.05, 0.1) is 21.8 Å². The Bertz CT molecular complexity index is 1290. The Labute approximate surface area is 178 Å². The molecule has 0 saturated carbocycles. The smallest absolute Gasteiger partial charge is 0.275 e. The zero-order valence-corrected chi connectivity index (χ0v) is 17.1. The van der Waals surface area contributed by atoms with Crippen LogP contribution in [-0.2, 0) is 17.8 Å². The van der Waals surface area contributed by atoms with Crippen molar-refractivity contribution >= 4 is 34.0 Å². The maximum absolute atomic E-state index is 12.9. The van der Waals surface area contributed by atoms with Gasteiger partial charge in [0.15, 0.2) is 0 Å². The van der Waals surface area contributed by atoms with Gasteiger partial charge in [0.25, 0.3) is 5.56 Å². The standard InChI is InChI=1S/C23H19ClN4O2/c1-15-6-7-20(19(24)12-15)26-22(29)14-28-23(30)18-5-3-2-4-17(18)21(27-28)13-16-8-10-25-11-9-16/h2-12H,13-14H2,1H3,(H,26,29).